The largest absolute Gasteiger partial charge is 0.371 e. The topological polar surface area (TPSA) is 71.3 Å². The Kier molecular flexibility index (Phi) is 5.84. The predicted octanol–water partition coefficient (Wildman–Crippen LogP) is 3.65. The van der Waals surface area contributed by atoms with Gasteiger partial charge in [0.05, 0.1) is 0 Å². The molecule has 1 N–H and O–H groups in total. The Bertz CT molecular complexity index is 977. The van der Waals surface area contributed by atoms with Gasteiger partial charge in [-0.05, 0) is 35.9 Å². The number of nitrogens with zero attached hydrogens (tertiary/aromatic N) is 3. The van der Waals surface area contributed by atoms with Crippen molar-refractivity contribution in [3.05, 3.63) is 52.6 Å². The number of halogens is 2. The van der Waals surface area contributed by atoms with Crippen LogP contribution in [0.15, 0.2) is 39.5 Å². The summed E-state index contributed by atoms with van der Waals surface area (Å²) in [5, 5.41) is 10.7. The number of hydrogen-bond acceptors (Lipinski definition) is 6. The second kappa shape index (κ2) is 8.69. The lowest BCUT2D eigenvalue weighted by Crippen LogP contribution is -2.31. The molecule has 0 saturated carbocycles. The first-order chi connectivity index (χ1) is 14.1. The Hall–Kier alpha value is -2.81. The summed E-state index contributed by atoms with van der Waals surface area (Å²) in [6, 6.07) is 5.84. The van der Waals surface area contributed by atoms with Crippen molar-refractivity contribution in [3.63, 3.8) is 0 Å². The molecular weight excluding hydrogens is 398 g/mol. The van der Waals surface area contributed by atoms with Crippen molar-refractivity contribution in [2.75, 3.05) is 24.5 Å². The van der Waals surface area contributed by atoms with Gasteiger partial charge in [0.15, 0.2) is 11.6 Å². The van der Waals surface area contributed by atoms with Crippen molar-refractivity contribution >= 4 is 22.9 Å². The predicted molar refractivity (Wildman–Crippen MR) is 106 cm³/mol. The lowest BCUT2D eigenvalue weighted by Gasteiger charge is -2.19. The molecule has 1 aromatic carbocycles. The van der Waals surface area contributed by atoms with E-state index >= 15 is 0 Å². The van der Waals surface area contributed by atoms with E-state index in [-0.39, 0.29) is 18.2 Å². The van der Waals surface area contributed by atoms with Crippen LogP contribution in [0.25, 0.3) is 11.4 Å². The van der Waals surface area contributed by atoms with Gasteiger partial charge >= 0.3 is 0 Å². The minimum atomic E-state index is -0.847. The smallest absolute Gasteiger partial charge is 0.227 e. The van der Waals surface area contributed by atoms with Gasteiger partial charge in [-0.3, -0.25) is 4.79 Å². The highest BCUT2D eigenvalue weighted by atomic mass is 32.1. The van der Waals surface area contributed by atoms with E-state index in [0.717, 1.165) is 24.6 Å². The molecule has 1 fully saturated rings. The van der Waals surface area contributed by atoms with Crippen LogP contribution in [0, 0.1) is 17.6 Å². The van der Waals surface area contributed by atoms with Gasteiger partial charge in [0.1, 0.15) is 0 Å². The summed E-state index contributed by atoms with van der Waals surface area (Å²) >= 11 is 1.56. The average Bonchev–Trinajstić information content (AvgIpc) is 3.47. The summed E-state index contributed by atoms with van der Waals surface area (Å²) in [4.78, 5) is 18.4. The van der Waals surface area contributed by atoms with Crippen LogP contribution in [0.3, 0.4) is 0 Å². The Morgan fingerprint density at radius 2 is 2.21 bits per heavy atom. The van der Waals surface area contributed by atoms with E-state index in [4.69, 9.17) is 4.52 Å². The van der Waals surface area contributed by atoms with Crippen molar-refractivity contribution < 1.29 is 18.1 Å². The number of anilines is 1. The summed E-state index contributed by atoms with van der Waals surface area (Å²) < 4.78 is 31.7. The molecule has 3 heterocycles. The van der Waals surface area contributed by atoms with Gasteiger partial charge in [-0.1, -0.05) is 5.16 Å². The maximum atomic E-state index is 13.4. The molecule has 1 aliphatic heterocycles. The van der Waals surface area contributed by atoms with E-state index in [1.54, 1.807) is 17.4 Å². The van der Waals surface area contributed by atoms with Crippen molar-refractivity contribution in [2.45, 2.75) is 19.3 Å². The summed E-state index contributed by atoms with van der Waals surface area (Å²) in [5.41, 5.74) is 1.57. The Morgan fingerprint density at radius 1 is 1.31 bits per heavy atom. The van der Waals surface area contributed by atoms with Crippen LogP contribution < -0.4 is 10.2 Å². The second-order valence-electron chi connectivity index (χ2n) is 7.03. The molecule has 1 atom stereocenters. The van der Waals surface area contributed by atoms with Gasteiger partial charge in [-0.2, -0.15) is 16.3 Å². The maximum absolute atomic E-state index is 13.4. The van der Waals surface area contributed by atoms with Gasteiger partial charge < -0.3 is 14.7 Å². The molecule has 0 aliphatic carbocycles. The molecule has 4 rings (SSSR count). The lowest BCUT2D eigenvalue weighted by atomic mass is 10.1. The Labute approximate surface area is 170 Å². The third-order valence-corrected chi connectivity index (χ3v) is 5.64. The molecular formula is C20H20F2N4O2S. The highest BCUT2D eigenvalue weighted by Gasteiger charge is 2.24. The van der Waals surface area contributed by atoms with E-state index in [0.29, 0.717) is 36.9 Å². The van der Waals surface area contributed by atoms with E-state index in [1.807, 2.05) is 21.7 Å². The van der Waals surface area contributed by atoms with Crippen LogP contribution >= 0.6 is 11.3 Å². The second-order valence-corrected chi connectivity index (χ2v) is 7.81. The lowest BCUT2D eigenvalue weighted by molar-refractivity contribution is -0.121. The van der Waals surface area contributed by atoms with Gasteiger partial charge in [-0.15, -0.1) is 0 Å². The number of carbonyl (C=O) groups excluding carboxylic acids is 1. The number of hydrogen-bond donors (Lipinski definition) is 1. The van der Waals surface area contributed by atoms with Crippen molar-refractivity contribution in [1.29, 1.82) is 0 Å². The average molecular weight is 418 g/mol. The molecule has 1 unspecified atom stereocenters. The number of amides is 1. The Morgan fingerprint density at radius 3 is 3.00 bits per heavy atom. The molecule has 0 bridgehead atoms. The van der Waals surface area contributed by atoms with E-state index in [1.165, 1.54) is 6.07 Å². The molecule has 0 radical (unpaired) electrons. The molecule has 1 amide bonds. The number of nitrogens with one attached hydrogen (secondary N) is 1. The van der Waals surface area contributed by atoms with Crippen LogP contribution in [-0.4, -0.2) is 35.7 Å². The third-order valence-electron chi connectivity index (χ3n) is 4.96. The third kappa shape index (κ3) is 4.79. The summed E-state index contributed by atoms with van der Waals surface area (Å²) in [5.74, 6) is -0.535. The quantitative estimate of drug-likeness (QED) is 0.634. The zero-order chi connectivity index (χ0) is 20.2. The molecule has 29 heavy (non-hydrogen) atoms. The molecule has 2 aromatic heterocycles. The SMILES string of the molecule is O=C(CCc1nc(-c2ccsc2)no1)NCC1CCN(c2ccc(F)c(F)c2)C1. The van der Waals surface area contributed by atoms with Crippen LogP contribution in [0.2, 0.25) is 0 Å². The van der Waals surface area contributed by atoms with Crippen molar-refractivity contribution in [1.82, 2.24) is 15.5 Å². The first kappa shape index (κ1) is 19.5. The van der Waals surface area contributed by atoms with Crippen LogP contribution in [0.1, 0.15) is 18.7 Å². The van der Waals surface area contributed by atoms with Crippen molar-refractivity contribution in [2.24, 2.45) is 5.92 Å². The van der Waals surface area contributed by atoms with E-state index in [9.17, 15) is 13.6 Å². The number of rotatable bonds is 7. The van der Waals surface area contributed by atoms with Gasteiger partial charge in [0, 0.05) is 55.2 Å². The summed E-state index contributed by atoms with van der Waals surface area (Å²) in [6.45, 7) is 1.99. The highest BCUT2D eigenvalue weighted by Crippen LogP contribution is 2.25. The minimum Gasteiger partial charge on any atom is -0.371 e. The van der Waals surface area contributed by atoms with Crippen molar-refractivity contribution in [3.8, 4) is 11.4 Å². The number of benzene rings is 1. The van der Waals surface area contributed by atoms with Crippen LogP contribution in [0.4, 0.5) is 14.5 Å². The minimum absolute atomic E-state index is 0.0773. The molecule has 1 aliphatic rings. The molecule has 3 aromatic rings. The fraction of sp³-hybridized carbons (Fsp3) is 0.350. The maximum Gasteiger partial charge on any atom is 0.227 e. The van der Waals surface area contributed by atoms with Gasteiger partial charge in [0.2, 0.25) is 17.6 Å². The number of aromatic nitrogens is 2. The zero-order valence-corrected chi connectivity index (χ0v) is 16.4. The number of carbonyl (C=O) groups is 1. The monoisotopic (exact) mass is 418 g/mol. The van der Waals surface area contributed by atoms with Gasteiger partial charge in [-0.25, -0.2) is 8.78 Å². The van der Waals surface area contributed by atoms with E-state index in [2.05, 4.69) is 15.5 Å². The number of thiophene rings is 1. The summed E-state index contributed by atoms with van der Waals surface area (Å²) in [7, 11) is 0. The molecule has 9 heteroatoms. The zero-order valence-electron chi connectivity index (χ0n) is 15.6. The van der Waals surface area contributed by atoms with Crippen LogP contribution in [0.5, 0.6) is 0 Å². The first-order valence-electron chi connectivity index (χ1n) is 9.40. The highest BCUT2D eigenvalue weighted by molar-refractivity contribution is 7.08. The van der Waals surface area contributed by atoms with Gasteiger partial charge in [0.25, 0.3) is 0 Å². The normalized spacial score (nSPS) is 16.3. The number of aryl methyl sites for hydroxylation is 1. The fourth-order valence-electron chi connectivity index (χ4n) is 3.35. The Balaban J connectivity index is 1.20. The molecule has 152 valence electrons. The molecule has 0 spiro atoms. The standard InChI is InChI=1S/C20H20F2N4O2S/c21-16-2-1-15(9-17(16)22)26-7-5-13(11-26)10-23-18(27)3-4-19-24-20(25-28-19)14-6-8-29-12-14/h1-2,6,8-9,12-13H,3-5,7,10-11H2,(H,23,27). The van der Waals surface area contributed by atoms with Crippen LogP contribution in [-0.2, 0) is 11.2 Å². The molecule has 6 nitrogen and oxygen atoms in total. The van der Waals surface area contributed by atoms with E-state index < -0.39 is 11.6 Å². The fourth-order valence-corrected chi connectivity index (χ4v) is 3.98. The molecule has 1 saturated heterocycles. The first-order valence-corrected chi connectivity index (χ1v) is 10.3. The summed E-state index contributed by atoms with van der Waals surface area (Å²) in [6.07, 6.45) is 1.53.